The van der Waals surface area contributed by atoms with Gasteiger partial charge in [-0.3, -0.25) is 4.79 Å². The van der Waals surface area contributed by atoms with Crippen LogP contribution in [0.1, 0.15) is 72.1 Å². The zero-order chi connectivity index (χ0) is 22.9. The molecule has 2 atom stereocenters. The van der Waals surface area contributed by atoms with Gasteiger partial charge in [0.15, 0.2) is 8.32 Å². The van der Waals surface area contributed by atoms with Crippen LogP contribution in [0.3, 0.4) is 0 Å². The molecule has 2 unspecified atom stereocenters. The van der Waals surface area contributed by atoms with Crippen molar-refractivity contribution in [3.05, 3.63) is 0 Å². The molecule has 0 saturated heterocycles. The lowest BCUT2D eigenvalue weighted by atomic mass is 10.1. The molecule has 0 N–H and O–H groups in total. The minimum atomic E-state index is -2.12. The van der Waals surface area contributed by atoms with Gasteiger partial charge in [-0.2, -0.15) is 0 Å². The summed E-state index contributed by atoms with van der Waals surface area (Å²) < 4.78 is 12.2. The van der Waals surface area contributed by atoms with E-state index in [1.54, 1.807) is 7.11 Å². The highest BCUT2D eigenvalue weighted by Crippen LogP contribution is 2.44. The SMILES string of the molecule is CCCCCCCCCC(C(=O)OC)[Si](C)(C[Si](C)(C)C)C(C)(C)O[Si](C)(C)C. The summed E-state index contributed by atoms with van der Waals surface area (Å²) in [5.74, 6) is 0.00986. The van der Waals surface area contributed by atoms with Crippen molar-refractivity contribution in [1.82, 2.24) is 0 Å². The first-order valence-electron chi connectivity index (χ1n) is 11.9. The van der Waals surface area contributed by atoms with Crippen LogP contribution in [0.15, 0.2) is 0 Å². The zero-order valence-corrected chi connectivity index (χ0v) is 24.7. The number of hydrogen-bond acceptors (Lipinski definition) is 3. The highest BCUT2D eigenvalue weighted by molar-refractivity contribution is 6.98. The van der Waals surface area contributed by atoms with E-state index >= 15 is 0 Å². The lowest BCUT2D eigenvalue weighted by Gasteiger charge is -2.51. The number of esters is 1. The van der Waals surface area contributed by atoms with Gasteiger partial charge in [0.2, 0.25) is 0 Å². The van der Waals surface area contributed by atoms with Crippen LogP contribution in [-0.2, 0) is 14.0 Å². The maximum absolute atomic E-state index is 13.0. The van der Waals surface area contributed by atoms with E-state index in [2.05, 4.69) is 66.6 Å². The molecule has 0 amide bonds. The quantitative estimate of drug-likeness (QED) is 0.142. The number of carbonyl (C=O) groups excluding carboxylic acids is 1. The molecule has 0 aliphatic rings. The number of ether oxygens (including phenoxy) is 1. The molecule has 29 heavy (non-hydrogen) atoms. The largest absolute Gasteiger partial charge is 0.469 e. The third kappa shape index (κ3) is 10.8. The number of carbonyl (C=O) groups is 1. The fourth-order valence-electron chi connectivity index (χ4n) is 4.88. The Morgan fingerprint density at radius 3 is 1.76 bits per heavy atom. The summed E-state index contributed by atoms with van der Waals surface area (Å²) in [5.41, 5.74) is 1.23. The molecule has 0 rings (SSSR count). The zero-order valence-electron chi connectivity index (χ0n) is 21.7. The van der Waals surface area contributed by atoms with E-state index in [0.29, 0.717) is 0 Å². The molecule has 0 radical (unpaired) electrons. The molecule has 0 aliphatic carbocycles. The Hall–Kier alpha value is 0.0806. The molecule has 0 saturated carbocycles. The van der Waals surface area contributed by atoms with Gasteiger partial charge in [0, 0.05) is 13.3 Å². The maximum Gasteiger partial charge on any atom is 0.306 e. The van der Waals surface area contributed by atoms with Gasteiger partial charge in [0.25, 0.3) is 0 Å². The van der Waals surface area contributed by atoms with E-state index in [1.165, 1.54) is 44.2 Å². The minimum absolute atomic E-state index is 0.00986. The number of methoxy groups -OCH3 is 1. The molecule has 174 valence electrons. The van der Waals surface area contributed by atoms with Gasteiger partial charge in [-0.15, -0.1) is 0 Å². The average Bonchev–Trinajstić information content (AvgIpc) is 2.52. The smallest absolute Gasteiger partial charge is 0.306 e. The molecule has 0 aromatic carbocycles. The van der Waals surface area contributed by atoms with E-state index in [0.717, 1.165) is 12.8 Å². The second-order valence-electron chi connectivity index (χ2n) is 11.9. The van der Waals surface area contributed by atoms with Crippen molar-refractivity contribution >= 4 is 30.4 Å². The van der Waals surface area contributed by atoms with Crippen LogP contribution in [0.25, 0.3) is 0 Å². The Kier molecular flexibility index (Phi) is 12.2. The summed E-state index contributed by atoms with van der Waals surface area (Å²) in [7, 11) is -3.66. The van der Waals surface area contributed by atoms with Crippen molar-refractivity contribution in [3.63, 3.8) is 0 Å². The minimum Gasteiger partial charge on any atom is -0.469 e. The molecule has 0 fully saturated rings. The molecule has 0 heterocycles. The average molecular weight is 461 g/mol. The van der Waals surface area contributed by atoms with E-state index in [9.17, 15) is 4.79 Å². The monoisotopic (exact) mass is 460 g/mol. The highest BCUT2D eigenvalue weighted by Gasteiger charge is 2.55. The number of hydrogen-bond donors (Lipinski definition) is 0. The van der Waals surface area contributed by atoms with Crippen LogP contribution in [0.2, 0.25) is 57.0 Å². The van der Waals surface area contributed by atoms with Gasteiger partial charge in [-0.05, 0) is 39.9 Å². The maximum atomic E-state index is 13.0. The summed E-state index contributed by atoms with van der Waals surface area (Å²) in [4.78, 5) is 13.0. The topological polar surface area (TPSA) is 35.5 Å². The van der Waals surface area contributed by atoms with Crippen molar-refractivity contribution in [2.75, 3.05) is 7.11 Å². The third-order valence-corrected chi connectivity index (χ3v) is 19.6. The summed E-state index contributed by atoms with van der Waals surface area (Å²) >= 11 is 0. The standard InChI is InChI=1S/C23H52O3Si3/c1-12-13-14-15-16-17-18-19-21(22(24)25-4)29(11,20-27(5,6)7)23(2,3)26-28(8,9)10/h21H,12-20H2,1-11H3. The van der Waals surface area contributed by atoms with E-state index in [1.807, 2.05) is 0 Å². The molecule has 3 nitrogen and oxygen atoms in total. The Morgan fingerprint density at radius 1 is 0.862 bits per heavy atom. The van der Waals surface area contributed by atoms with Crippen LogP contribution < -0.4 is 0 Å². The van der Waals surface area contributed by atoms with Crippen LogP contribution >= 0.6 is 0 Å². The second kappa shape index (κ2) is 12.2. The van der Waals surface area contributed by atoms with Gasteiger partial charge in [0.05, 0.1) is 20.7 Å². The summed E-state index contributed by atoms with van der Waals surface area (Å²) in [5, 5.41) is -0.224. The first kappa shape index (κ1) is 29.1. The van der Waals surface area contributed by atoms with Crippen molar-refractivity contribution in [2.45, 2.75) is 134 Å². The number of unbranched alkanes of at least 4 members (excludes halogenated alkanes) is 6. The van der Waals surface area contributed by atoms with Gasteiger partial charge in [0.1, 0.15) is 0 Å². The van der Waals surface area contributed by atoms with Crippen LogP contribution in [0, 0.1) is 0 Å². The van der Waals surface area contributed by atoms with Crippen molar-refractivity contribution in [1.29, 1.82) is 0 Å². The molecular formula is C23H52O3Si3. The normalized spacial score (nSPS) is 16.4. The predicted octanol–water partition coefficient (Wildman–Crippen LogP) is 7.80. The van der Waals surface area contributed by atoms with E-state index in [-0.39, 0.29) is 16.7 Å². The van der Waals surface area contributed by atoms with Crippen LogP contribution in [0.5, 0.6) is 0 Å². The summed E-state index contributed by atoms with van der Waals surface area (Å²) in [6.45, 7) is 23.4. The van der Waals surface area contributed by atoms with Crippen LogP contribution in [0.4, 0.5) is 0 Å². The molecule has 0 spiro atoms. The van der Waals surface area contributed by atoms with Crippen molar-refractivity contribution in [2.24, 2.45) is 0 Å². The van der Waals surface area contributed by atoms with Gasteiger partial charge >= 0.3 is 5.97 Å². The van der Waals surface area contributed by atoms with Gasteiger partial charge in [-0.25, -0.2) is 0 Å². The molecular weight excluding hydrogens is 409 g/mol. The first-order valence-corrected chi connectivity index (χ1v) is 21.8. The molecule has 0 bridgehead atoms. The molecule has 0 aromatic rings. The highest BCUT2D eigenvalue weighted by atomic mass is 28.4. The van der Waals surface area contributed by atoms with Crippen molar-refractivity contribution < 1.29 is 14.0 Å². The second-order valence-corrected chi connectivity index (χ2v) is 27.6. The lowest BCUT2D eigenvalue weighted by Crippen LogP contribution is -2.64. The number of rotatable bonds is 15. The summed E-state index contributed by atoms with van der Waals surface area (Å²) in [6.07, 6.45) is 9.90. The Morgan fingerprint density at radius 2 is 1.34 bits per heavy atom. The Labute approximate surface area is 185 Å². The first-order chi connectivity index (χ1) is 13.1. The predicted molar refractivity (Wildman–Crippen MR) is 137 cm³/mol. The van der Waals surface area contributed by atoms with Gasteiger partial charge < -0.3 is 9.16 Å². The van der Waals surface area contributed by atoms with Crippen LogP contribution in [-0.4, -0.2) is 42.8 Å². The van der Waals surface area contributed by atoms with Crippen molar-refractivity contribution in [3.8, 4) is 0 Å². The molecule has 6 heteroatoms. The lowest BCUT2D eigenvalue weighted by molar-refractivity contribution is -0.141. The third-order valence-electron chi connectivity index (χ3n) is 6.19. The molecule has 0 aliphatic heterocycles. The fraction of sp³-hybridized carbons (Fsp3) is 0.957. The summed E-state index contributed by atoms with van der Waals surface area (Å²) in [6, 6.07) is 0. The fourth-order valence-corrected chi connectivity index (χ4v) is 22.1. The Bertz CT molecular complexity index is 481. The van der Waals surface area contributed by atoms with Gasteiger partial charge in [-0.1, -0.05) is 83.7 Å². The molecule has 0 aromatic heterocycles. The van der Waals surface area contributed by atoms with E-state index in [4.69, 9.17) is 9.16 Å². The van der Waals surface area contributed by atoms with E-state index < -0.39 is 24.5 Å². The Balaban J connectivity index is 5.57.